The first kappa shape index (κ1) is 26.2. The smallest absolute Gasteiger partial charge is 0.283 e. The molecule has 4 rings (SSSR count). The summed E-state index contributed by atoms with van der Waals surface area (Å²) in [6.45, 7) is -0.462. The highest BCUT2D eigenvalue weighted by atomic mass is 35.5. The molecule has 35 heavy (non-hydrogen) atoms. The Kier molecular flexibility index (Phi) is 6.06. The molecule has 2 aromatic carbocycles. The fraction of sp³-hybridized carbons (Fsp3) is 0.400. The van der Waals surface area contributed by atoms with Crippen LogP contribution >= 0.6 is 23.6 Å². The molecule has 2 unspecified atom stereocenters. The van der Waals surface area contributed by atoms with Gasteiger partial charge in [0.1, 0.15) is 10.6 Å². The Morgan fingerprint density at radius 1 is 0.914 bits per heavy atom. The average molecular weight is 569 g/mol. The number of nitrogens with zero attached hydrogens (tertiary/aromatic N) is 2. The summed E-state index contributed by atoms with van der Waals surface area (Å²) in [4.78, 5) is -0.348. The summed E-state index contributed by atoms with van der Waals surface area (Å²) in [7, 11) is -4.47. The molecule has 192 valence electrons. The highest BCUT2D eigenvalue weighted by molar-refractivity contribution is 7.92. The van der Waals surface area contributed by atoms with Gasteiger partial charge < -0.3 is 0 Å². The fourth-order valence-corrected chi connectivity index (χ4v) is 7.64. The molecule has 0 N–H and O–H groups in total. The summed E-state index contributed by atoms with van der Waals surface area (Å²) in [5.41, 5.74) is -8.35. The van der Waals surface area contributed by atoms with E-state index in [0.29, 0.717) is 10.5 Å². The van der Waals surface area contributed by atoms with Crippen LogP contribution in [-0.2, 0) is 20.3 Å². The lowest BCUT2D eigenvalue weighted by molar-refractivity contribution is -0.348. The van der Waals surface area contributed by atoms with Crippen LogP contribution in [0.3, 0.4) is 0 Å². The van der Waals surface area contributed by atoms with Crippen LogP contribution in [0.1, 0.15) is 17.5 Å². The Bertz CT molecular complexity index is 1240. The highest BCUT2D eigenvalue weighted by Crippen LogP contribution is 2.58. The first-order valence-corrected chi connectivity index (χ1v) is 12.0. The third kappa shape index (κ3) is 3.60. The van der Waals surface area contributed by atoms with E-state index in [4.69, 9.17) is 23.6 Å². The summed E-state index contributed by atoms with van der Waals surface area (Å²) in [5, 5.41) is 0. The molecule has 2 aliphatic rings. The van der Waals surface area contributed by atoms with Crippen molar-refractivity contribution in [3.8, 4) is 0 Å². The molecule has 2 atom stereocenters. The summed E-state index contributed by atoms with van der Waals surface area (Å²) in [6.07, 6.45) is -12.9. The molecule has 0 aliphatic carbocycles. The van der Waals surface area contributed by atoms with Crippen molar-refractivity contribution in [2.75, 3.05) is 17.5 Å². The molecular formula is C20H14Cl2F8N2O2S. The number of halogens is 10. The molecule has 15 heteroatoms. The van der Waals surface area contributed by atoms with Gasteiger partial charge in [0.05, 0.1) is 23.2 Å². The molecule has 4 nitrogen and oxygen atoms in total. The van der Waals surface area contributed by atoms with E-state index in [1.54, 1.807) is 0 Å². The van der Waals surface area contributed by atoms with Crippen LogP contribution in [0.2, 0.25) is 0 Å². The van der Waals surface area contributed by atoms with Gasteiger partial charge in [-0.25, -0.2) is 21.6 Å². The van der Waals surface area contributed by atoms with Crippen molar-refractivity contribution in [3.05, 3.63) is 59.4 Å². The van der Waals surface area contributed by atoms with Crippen molar-refractivity contribution in [1.82, 2.24) is 4.42 Å². The Morgan fingerprint density at radius 2 is 1.49 bits per heavy atom. The number of hydrogen-bond donors (Lipinski definition) is 0. The van der Waals surface area contributed by atoms with Gasteiger partial charge in [-0.05, 0) is 48.5 Å². The van der Waals surface area contributed by atoms with Gasteiger partial charge in [0.15, 0.2) is 9.84 Å². The lowest BCUT2D eigenvalue weighted by Crippen LogP contribution is -2.54. The fourth-order valence-electron chi connectivity index (χ4n) is 4.70. The summed E-state index contributed by atoms with van der Waals surface area (Å²) < 4.78 is 135. The van der Waals surface area contributed by atoms with Crippen molar-refractivity contribution >= 4 is 39.1 Å². The van der Waals surface area contributed by atoms with Crippen molar-refractivity contribution in [1.29, 1.82) is 0 Å². The van der Waals surface area contributed by atoms with Crippen LogP contribution in [-0.4, -0.2) is 44.3 Å². The summed E-state index contributed by atoms with van der Waals surface area (Å²) >= 11 is 12.3. The van der Waals surface area contributed by atoms with E-state index in [0.717, 1.165) is 28.7 Å². The van der Waals surface area contributed by atoms with Gasteiger partial charge in [0.2, 0.25) is 0 Å². The van der Waals surface area contributed by atoms with Gasteiger partial charge in [-0.1, -0.05) is 12.1 Å². The first-order valence-electron chi connectivity index (χ1n) is 9.82. The molecule has 2 aliphatic heterocycles. The topological polar surface area (TPSA) is 40.6 Å². The van der Waals surface area contributed by atoms with Gasteiger partial charge in [-0.15, -0.1) is 0 Å². The molecule has 2 aromatic rings. The number of anilines is 1. The van der Waals surface area contributed by atoms with Gasteiger partial charge in [-0.2, -0.15) is 26.3 Å². The monoisotopic (exact) mass is 568 g/mol. The molecular weight excluding hydrogens is 555 g/mol. The third-order valence-corrected chi connectivity index (χ3v) is 9.68. The van der Waals surface area contributed by atoms with Crippen LogP contribution < -0.4 is 4.42 Å². The molecule has 0 spiro atoms. The molecule has 0 radical (unpaired) electrons. The second-order valence-electron chi connectivity index (χ2n) is 8.17. The predicted molar refractivity (Wildman–Crippen MR) is 111 cm³/mol. The van der Waals surface area contributed by atoms with Crippen molar-refractivity contribution in [2.45, 2.75) is 40.1 Å². The van der Waals surface area contributed by atoms with Gasteiger partial charge in [0, 0.05) is 29.4 Å². The number of sulfone groups is 1. The molecule has 0 bridgehead atoms. The molecule has 1 saturated heterocycles. The standard InChI is InChI=1S/C20H14Cl2F8N2O2S/c21-31-8-7-17(35(33,34)13-4-2-12(23)3-5-13)14-6-1-11(9-15(14)32(22)10-16(17)31)18(24,19(25,26)27)20(28,29)30/h1-6,9,16H,7-8,10H2. The van der Waals surface area contributed by atoms with Crippen molar-refractivity contribution in [3.63, 3.8) is 0 Å². The number of alkyl halides is 7. The second-order valence-corrected chi connectivity index (χ2v) is 11.2. The SMILES string of the molecule is O=S(=O)(c1ccc(F)cc1)C12CCN(Cl)C1CN(Cl)c1cc(C(F)(C(F)(F)F)C(F)(F)F)ccc12. The third-order valence-electron chi connectivity index (χ3n) is 6.40. The van der Waals surface area contributed by atoms with E-state index in [2.05, 4.69) is 0 Å². The highest BCUT2D eigenvalue weighted by Gasteiger charge is 2.74. The van der Waals surface area contributed by atoms with Gasteiger partial charge >= 0.3 is 18.0 Å². The molecule has 0 saturated carbocycles. The molecule has 0 aromatic heterocycles. The van der Waals surface area contributed by atoms with Gasteiger partial charge in [-0.3, -0.25) is 4.42 Å². The zero-order valence-corrected chi connectivity index (χ0v) is 19.5. The van der Waals surface area contributed by atoms with Crippen LogP contribution in [0.15, 0.2) is 47.4 Å². The lowest BCUT2D eigenvalue weighted by atomic mass is 9.83. The minimum Gasteiger partial charge on any atom is -0.283 e. The van der Waals surface area contributed by atoms with E-state index in [1.807, 2.05) is 0 Å². The number of rotatable bonds is 3. The minimum absolute atomic E-state index is 0.0310. The number of hydrogen-bond acceptors (Lipinski definition) is 4. The van der Waals surface area contributed by atoms with Crippen LogP contribution in [0, 0.1) is 5.82 Å². The Labute approximate surface area is 204 Å². The maximum absolute atomic E-state index is 14.7. The van der Waals surface area contributed by atoms with E-state index < -0.39 is 62.3 Å². The van der Waals surface area contributed by atoms with Crippen LogP contribution in [0.5, 0.6) is 0 Å². The quantitative estimate of drug-likeness (QED) is 0.259. The average Bonchev–Trinajstić information content (AvgIpc) is 3.10. The van der Waals surface area contributed by atoms with E-state index in [-0.39, 0.29) is 35.6 Å². The molecule has 1 fully saturated rings. The summed E-state index contributed by atoms with van der Waals surface area (Å²) in [6, 6.07) is 3.82. The molecule has 0 amide bonds. The Morgan fingerprint density at radius 3 is 2.03 bits per heavy atom. The van der Waals surface area contributed by atoms with Crippen molar-refractivity contribution in [2.24, 2.45) is 0 Å². The first-order chi connectivity index (χ1) is 16.0. The zero-order valence-electron chi connectivity index (χ0n) is 17.1. The number of fused-ring (bicyclic) bond motifs is 3. The largest absolute Gasteiger partial charge is 0.435 e. The normalized spacial score (nSPS) is 23.8. The predicted octanol–water partition coefficient (Wildman–Crippen LogP) is 5.99. The van der Waals surface area contributed by atoms with Crippen LogP contribution in [0.4, 0.5) is 40.8 Å². The number of benzene rings is 2. The van der Waals surface area contributed by atoms with E-state index >= 15 is 0 Å². The van der Waals surface area contributed by atoms with Crippen LogP contribution in [0.25, 0.3) is 0 Å². The van der Waals surface area contributed by atoms with E-state index in [1.165, 1.54) is 0 Å². The minimum atomic E-state index is -6.37. The second kappa shape index (κ2) is 8.09. The maximum atomic E-state index is 14.7. The van der Waals surface area contributed by atoms with E-state index in [9.17, 15) is 43.5 Å². The maximum Gasteiger partial charge on any atom is 0.435 e. The summed E-state index contributed by atoms with van der Waals surface area (Å²) in [5.74, 6) is -0.734. The Hall–Kier alpha value is -1.83. The van der Waals surface area contributed by atoms with Crippen molar-refractivity contribution < 1.29 is 43.5 Å². The molecule has 2 heterocycles. The zero-order chi connectivity index (χ0) is 26.2. The lowest BCUT2D eigenvalue weighted by Gasteiger charge is -2.44. The Balaban J connectivity index is 1.98. The van der Waals surface area contributed by atoms with Gasteiger partial charge in [0.25, 0.3) is 0 Å².